The van der Waals surface area contributed by atoms with E-state index in [0.29, 0.717) is 36.0 Å². The lowest BCUT2D eigenvalue weighted by atomic mass is 10.1. The number of rotatable bonds is 8. The molecular weight excluding hydrogens is 362 g/mol. The van der Waals surface area contributed by atoms with Gasteiger partial charge < -0.3 is 9.47 Å². The Balaban J connectivity index is 1.73. The summed E-state index contributed by atoms with van der Waals surface area (Å²) >= 11 is 0. The Labute approximate surface area is 160 Å². The van der Waals surface area contributed by atoms with Crippen LogP contribution in [0.15, 0.2) is 65.6 Å². The molecule has 142 valence electrons. The van der Waals surface area contributed by atoms with Gasteiger partial charge >= 0.3 is 0 Å². The maximum absolute atomic E-state index is 12.7. The maximum atomic E-state index is 12.7. The minimum atomic E-state index is -3.60. The van der Waals surface area contributed by atoms with E-state index in [-0.39, 0.29) is 0 Å². The van der Waals surface area contributed by atoms with Crippen molar-refractivity contribution in [2.45, 2.75) is 18.2 Å². The van der Waals surface area contributed by atoms with Crippen LogP contribution in [0, 0.1) is 0 Å². The van der Waals surface area contributed by atoms with E-state index in [4.69, 9.17) is 9.47 Å². The summed E-state index contributed by atoms with van der Waals surface area (Å²) in [7, 11) is -2.01. The summed E-state index contributed by atoms with van der Waals surface area (Å²) in [4.78, 5) is 0.296. The van der Waals surface area contributed by atoms with Crippen molar-refractivity contribution < 1.29 is 17.9 Å². The first-order valence-corrected chi connectivity index (χ1v) is 10.3. The van der Waals surface area contributed by atoms with Crippen LogP contribution in [0.1, 0.15) is 12.5 Å². The molecule has 0 radical (unpaired) electrons. The first-order chi connectivity index (χ1) is 13.0. The van der Waals surface area contributed by atoms with Gasteiger partial charge in [0.25, 0.3) is 0 Å². The van der Waals surface area contributed by atoms with Gasteiger partial charge in [0.15, 0.2) is 11.5 Å². The molecule has 3 aromatic rings. The zero-order valence-corrected chi connectivity index (χ0v) is 16.3. The van der Waals surface area contributed by atoms with Crippen LogP contribution in [-0.2, 0) is 16.4 Å². The molecular formula is C21H23NO4S. The SMILES string of the molecule is CCOc1ccc(CCNS(=O)(=O)c2cccc3ccccc23)cc1OC. The molecule has 3 aromatic carbocycles. The summed E-state index contributed by atoms with van der Waals surface area (Å²) in [5.74, 6) is 1.33. The summed E-state index contributed by atoms with van der Waals surface area (Å²) in [5, 5.41) is 1.62. The molecule has 5 nitrogen and oxygen atoms in total. The second-order valence-electron chi connectivity index (χ2n) is 6.04. The average molecular weight is 385 g/mol. The van der Waals surface area contributed by atoms with Crippen LogP contribution in [0.3, 0.4) is 0 Å². The van der Waals surface area contributed by atoms with Crippen LogP contribution in [0.2, 0.25) is 0 Å². The first kappa shape index (κ1) is 19.2. The molecule has 0 fully saturated rings. The number of sulfonamides is 1. The molecule has 0 aliphatic carbocycles. The third-order valence-electron chi connectivity index (χ3n) is 4.27. The van der Waals surface area contributed by atoms with Crippen molar-refractivity contribution in [3.63, 3.8) is 0 Å². The molecule has 0 aliphatic rings. The Morgan fingerprint density at radius 3 is 2.52 bits per heavy atom. The van der Waals surface area contributed by atoms with E-state index < -0.39 is 10.0 Å². The number of nitrogens with one attached hydrogen (secondary N) is 1. The van der Waals surface area contributed by atoms with E-state index in [2.05, 4.69) is 4.72 Å². The highest BCUT2D eigenvalue weighted by atomic mass is 32.2. The Kier molecular flexibility index (Phi) is 5.98. The second kappa shape index (κ2) is 8.41. The quantitative estimate of drug-likeness (QED) is 0.641. The van der Waals surface area contributed by atoms with Crippen LogP contribution in [0.25, 0.3) is 10.8 Å². The molecule has 0 amide bonds. The van der Waals surface area contributed by atoms with E-state index in [1.165, 1.54) is 0 Å². The largest absolute Gasteiger partial charge is 0.493 e. The molecule has 0 atom stereocenters. The number of ether oxygens (including phenoxy) is 2. The second-order valence-corrected chi connectivity index (χ2v) is 7.78. The van der Waals surface area contributed by atoms with Gasteiger partial charge in [-0.3, -0.25) is 0 Å². The smallest absolute Gasteiger partial charge is 0.241 e. The molecule has 0 aliphatic heterocycles. The zero-order valence-electron chi connectivity index (χ0n) is 15.4. The number of hydrogen-bond donors (Lipinski definition) is 1. The van der Waals surface area contributed by atoms with Gasteiger partial charge in [0.1, 0.15) is 0 Å². The van der Waals surface area contributed by atoms with Gasteiger partial charge in [-0.25, -0.2) is 13.1 Å². The minimum absolute atomic E-state index is 0.294. The van der Waals surface area contributed by atoms with Crippen molar-refractivity contribution in [3.8, 4) is 11.5 Å². The fraction of sp³-hybridized carbons (Fsp3) is 0.238. The van der Waals surface area contributed by atoms with Crippen LogP contribution in [0.5, 0.6) is 11.5 Å². The fourth-order valence-electron chi connectivity index (χ4n) is 2.98. The number of fused-ring (bicyclic) bond motifs is 1. The Bertz CT molecular complexity index is 1030. The molecule has 0 heterocycles. The highest BCUT2D eigenvalue weighted by Crippen LogP contribution is 2.28. The molecule has 0 saturated carbocycles. The van der Waals surface area contributed by atoms with Gasteiger partial charge in [-0.2, -0.15) is 0 Å². The Hall–Kier alpha value is -2.57. The molecule has 0 saturated heterocycles. The van der Waals surface area contributed by atoms with Gasteiger partial charge in [-0.15, -0.1) is 0 Å². The first-order valence-electron chi connectivity index (χ1n) is 8.82. The van der Waals surface area contributed by atoms with Crippen molar-refractivity contribution in [3.05, 3.63) is 66.2 Å². The van der Waals surface area contributed by atoms with Gasteiger partial charge in [0, 0.05) is 11.9 Å². The lowest BCUT2D eigenvalue weighted by Gasteiger charge is -2.12. The van der Waals surface area contributed by atoms with E-state index >= 15 is 0 Å². The zero-order chi connectivity index (χ0) is 19.3. The number of hydrogen-bond acceptors (Lipinski definition) is 4. The Morgan fingerprint density at radius 1 is 0.963 bits per heavy atom. The molecule has 0 unspecified atom stereocenters. The number of benzene rings is 3. The van der Waals surface area contributed by atoms with Crippen molar-refractivity contribution in [2.75, 3.05) is 20.3 Å². The monoisotopic (exact) mass is 385 g/mol. The lowest BCUT2D eigenvalue weighted by Crippen LogP contribution is -2.26. The van der Waals surface area contributed by atoms with Crippen LogP contribution >= 0.6 is 0 Å². The van der Waals surface area contributed by atoms with Crippen molar-refractivity contribution in [2.24, 2.45) is 0 Å². The Morgan fingerprint density at radius 2 is 1.74 bits per heavy atom. The van der Waals surface area contributed by atoms with Crippen LogP contribution < -0.4 is 14.2 Å². The van der Waals surface area contributed by atoms with Crippen molar-refractivity contribution in [1.82, 2.24) is 4.72 Å². The van der Waals surface area contributed by atoms with Gasteiger partial charge in [0.05, 0.1) is 18.6 Å². The highest BCUT2D eigenvalue weighted by molar-refractivity contribution is 7.89. The van der Waals surface area contributed by atoms with E-state index in [9.17, 15) is 8.42 Å². The van der Waals surface area contributed by atoms with Gasteiger partial charge in [-0.1, -0.05) is 42.5 Å². The lowest BCUT2D eigenvalue weighted by molar-refractivity contribution is 0.310. The predicted molar refractivity (Wildman–Crippen MR) is 107 cm³/mol. The fourth-order valence-corrected chi connectivity index (χ4v) is 4.24. The molecule has 0 spiro atoms. The van der Waals surface area contributed by atoms with E-state index in [1.807, 2.05) is 55.5 Å². The average Bonchev–Trinajstić information content (AvgIpc) is 2.68. The van der Waals surface area contributed by atoms with Crippen molar-refractivity contribution in [1.29, 1.82) is 0 Å². The molecule has 1 N–H and O–H groups in total. The standard InChI is InChI=1S/C21H23NO4S/c1-3-26-19-12-11-16(15-20(19)25-2)13-14-22-27(23,24)21-10-6-8-17-7-4-5-9-18(17)21/h4-12,15,22H,3,13-14H2,1-2H3. The molecule has 27 heavy (non-hydrogen) atoms. The van der Waals surface area contributed by atoms with Gasteiger partial charge in [-0.05, 0) is 42.5 Å². The summed E-state index contributed by atoms with van der Waals surface area (Å²) < 4.78 is 39.0. The summed E-state index contributed by atoms with van der Waals surface area (Å²) in [6.07, 6.45) is 0.548. The summed E-state index contributed by atoms with van der Waals surface area (Å²) in [6, 6.07) is 18.4. The van der Waals surface area contributed by atoms with E-state index in [0.717, 1.165) is 16.3 Å². The third-order valence-corrected chi connectivity index (χ3v) is 5.79. The normalized spacial score (nSPS) is 11.5. The number of methoxy groups -OCH3 is 1. The summed E-state index contributed by atoms with van der Waals surface area (Å²) in [5.41, 5.74) is 0.968. The third kappa shape index (κ3) is 4.40. The van der Waals surface area contributed by atoms with E-state index in [1.54, 1.807) is 19.2 Å². The maximum Gasteiger partial charge on any atom is 0.241 e. The van der Waals surface area contributed by atoms with Gasteiger partial charge in [0.2, 0.25) is 10.0 Å². The van der Waals surface area contributed by atoms with Crippen LogP contribution in [-0.4, -0.2) is 28.7 Å². The van der Waals surface area contributed by atoms with Crippen molar-refractivity contribution >= 4 is 20.8 Å². The topological polar surface area (TPSA) is 64.6 Å². The minimum Gasteiger partial charge on any atom is -0.493 e. The highest BCUT2D eigenvalue weighted by Gasteiger charge is 2.16. The van der Waals surface area contributed by atoms with Crippen LogP contribution in [0.4, 0.5) is 0 Å². The predicted octanol–water partition coefficient (Wildman–Crippen LogP) is 3.77. The molecule has 6 heteroatoms. The molecule has 0 bridgehead atoms. The molecule has 3 rings (SSSR count). The molecule has 0 aromatic heterocycles. The summed E-state index contributed by atoms with van der Waals surface area (Å²) in [6.45, 7) is 2.76.